The van der Waals surface area contributed by atoms with Crippen LogP contribution in [0, 0.1) is 17.8 Å². The summed E-state index contributed by atoms with van der Waals surface area (Å²) in [7, 11) is -4.02. The second-order valence-corrected chi connectivity index (χ2v) is 20.1. The number of allylic oxidation sites excluding steroid dienone is 1. The first-order chi connectivity index (χ1) is 27.0. The summed E-state index contributed by atoms with van der Waals surface area (Å²) >= 11 is 0. The lowest BCUT2D eigenvalue weighted by Gasteiger charge is -2.34. The molecule has 322 valence electrons. The van der Waals surface area contributed by atoms with E-state index in [1.807, 2.05) is 17.1 Å². The topological polar surface area (TPSA) is 192 Å². The highest BCUT2D eigenvalue weighted by atomic mass is 32.2. The van der Waals surface area contributed by atoms with Gasteiger partial charge in [0.25, 0.3) is 11.8 Å². The molecule has 2 saturated heterocycles. The van der Waals surface area contributed by atoms with Gasteiger partial charge in [-0.1, -0.05) is 38.8 Å². The van der Waals surface area contributed by atoms with Crippen molar-refractivity contribution in [3.05, 3.63) is 34.7 Å². The summed E-state index contributed by atoms with van der Waals surface area (Å²) < 4.78 is 77.0. The predicted molar refractivity (Wildman–Crippen MR) is 206 cm³/mol. The van der Waals surface area contributed by atoms with Gasteiger partial charge in [0.15, 0.2) is 11.4 Å². The van der Waals surface area contributed by atoms with Crippen molar-refractivity contribution in [3.63, 3.8) is 0 Å². The second-order valence-electron chi connectivity index (χ2n) is 17.9. The molecule has 1 unspecified atom stereocenters. The Bertz CT molecular complexity index is 1940. The molecule has 4 N–H and O–H groups in total. The standard InChI is InChI=1S/C40H56F3N5O9S/c1-7-25-28-26(29(41)32(49)30(25)44-35(52)57-37(3,4)39(6,42)43)21-48(36(53)54)31(28)23-18-27-33(50)45-40(34(51)46-58(55,56)38(5)15-16-38)19-24(40)14-9-8-12-22(2)13-10-11-17-47(27)20-23/h9,14,22-24,27,30-31H,7-8,10-13,15-21H2,1-6H3,(H,44,52)(H,45,50)(H,46,51)(H,53,54)/b14-9-/t22-,23-,24-,27+,30+,31?,40-/m1/s1. The SMILES string of the molecule is CCC1=C2C(=C(F)C(=O)[C@H]1NC(=O)OC(C)(C)C(C)(F)F)CN(C(=O)O)C2[C@@H]1C[C@H]2C(=O)N[C@]3(C(=O)NS(=O)(=O)C4(C)CC4)C[C@H]3/C=C\CC[C@@H](C)CCCCN2C1. The molecule has 3 aliphatic heterocycles. The number of Topliss-reactive ketones (excluding diaryl/α,β-unsaturated/α-hetero) is 1. The van der Waals surface area contributed by atoms with Crippen molar-refractivity contribution in [2.45, 2.75) is 146 Å². The maximum Gasteiger partial charge on any atom is 0.408 e. The molecule has 0 spiro atoms. The Morgan fingerprint density at radius 2 is 1.81 bits per heavy atom. The van der Waals surface area contributed by atoms with Crippen molar-refractivity contribution in [1.29, 1.82) is 0 Å². The number of carboxylic acid groups (broad SMARTS) is 1. The molecule has 2 saturated carbocycles. The smallest absolute Gasteiger partial charge is 0.408 e. The summed E-state index contributed by atoms with van der Waals surface area (Å²) in [6, 6.07) is -3.62. The Hall–Kier alpha value is -3.93. The highest BCUT2D eigenvalue weighted by Gasteiger charge is 2.63. The van der Waals surface area contributed by atoms with Crippen molar-refractivity contribution >= 4 is 39.8 Å². The first-order valence-corrected chi connectivity index (χ1v) is 21.8. The van der Waals surface area contributed by atoms with Crippen molar-refractivity contribution in [1.82, 2.24) is 25.2 Å². The van der Waals surface area contributed by atoms with Gasteiger partial charge in [-0.3, -0.25) is 28.9 Å². The average molecular weight is 840 g/mol. The molecule has 4 fully saturated rings. The zero-order valence-electron chi connectivity index (χ0n) is 34.0. The van der Waals surface area contributed by atoms with Gasteiger partial charge in [0, 0.05) is 25.0 Å². The van der Waals surface area contributed by atoms with E-state index in [-0.39, 0.29) is 42.5 Å². The minimum atomic E-state index is -4.02. The van der Waals surface area contributed by atoms with Gasteiger partial charge in [-0.05, 0) is 102 Å². The van der Waals surface area contributed by atoms with Gasteiger partial charge in [-0.2, -0.15) is 0 Å². The van der Waals surface area contributed by atoms with Crippen LogP contribution in [0.25, 0.3) is 0 Å². The van der Waals surface area contributed by atoms with Crippen LogP contribution in [0.1, 0.15) is 106 Å². The van der Waals surface area contributed by atoms with Crippen LogP contribution in [0.4, 0.5) is 22.8 Å². The van der Waals surface area contributed by atoms with E-state index in [9.17, 15) is 46.3 Å². The van der Waals surface area contributed by atoms with Crippen LogP contribution in [0.5, 0.6) is 0 Å². The van der Waals surface area contributed by atoms with Gasteiger partial charge >= 0.3 is 12.2 Å². The molecular weight excluding hydrogens is 784 g/mol. The highest BCUT2D eigenvalue weighted by molar-refractivity contribution is 7.91. The lowest BCUT2D eigenvalue weighted by Crippen LogP contribution is -2.56. The maximum absolute atomic E-state index is 16.1. The summed E-state index contributed by atoms with van der Waals surface area (Å²) in [5, 5.41) is 15.7. The molecule has 0 bridgehead atoms. The summed E-state index contributed by atoms with van der Waals surface area (Å²) in [5.74, 6) is -7.94. The van der Waals surface area contributed by atoms with Gasteiger partial charge < -0.3 is 20.5 Å². The molecule has 3 aliphatic carbocycles. The number of alkyl halides is 2. The number of hydrogen-bond donors (Lipinski definition) is 4. The molecule has 14 nitrogen and oxygen atoms in total. The molecule has 0 aromatic heterocycles. The molecule has 4 amide bonds. The summed E-state index contributed by atoms with van der Waals surface area (Å²) in [6.07, 6.45) is 6.31. The van der Waals surface area contributed by atoms with Crippen LogP contribution >= 0.6 is 0 Å². The van der Waals surface area contributed by atoms with Gasteiger partial charge in [0.1, 0.15) is 11.6 Å². The third-order valence-electron chi connectivity index (χ3n) is 13.4. The van der Waals surface area contributed by atoms with E-state index in [0.29, 0.717) is 38.6 Å². The van der Waals surface area contributed by atoms with E-state index < -0.39 is 104 Å². The molecule has 3 heterocycles. The molecule has 7 atom stereocenters. The first-order valence-electron chi connectivity index (χ1n) is 20.3. The highest BCUT2D eigenvalue weighted by Crippen LogP contribution is 2.49. The number of ketones is 1. The van der Waals surface area contributed by atoms with Crippen LogP contribution in [0.15, 0.2) is 34.7 Å². The van der Waals surface area contributed by atoms with Gasteiger partial charge in [-0.25, -0.2) is 31.2 Å². The van der Waals surface area contributed by atoms with E-state index in [1.54, 1.807) is 13.8 Å². The minimum absolute atomic E-state index is 0.0487. The Kier molecular flexibility index (Phi) is 11.7. The average Bonchev–Trinajstić information content (AvgIpc) is 3.94. The fraction of sp³-hybridized carbons (Fsp3) is 0.725. The lowest BCUT2D eigenvalue weighted by molar-refractivity contribution is -0.150. The predicted octanol–water partition coefficient (Wildman–Crippen LogP) is 5.11. The number of nitrogens with zero attached hydrogens (tertiary/aromatic N) is 2. The number of carbonyl (C=O) groups excluding carboxylic acids is 4. The number of likely N-dealkylation sites (tertiary alicyclic amines) is 1. The van der Waals surface area contributed by atoms with Crippen LogP contribution in [0.2, 0.25) is 0 Å². The lowest BCUT2D eigenvalue weighted by atomic mass is 9.79. The quantitative estimate of drug-likeness (QED) is 0.239. The summed E-state index contributed by atoms with van der Waals surface area (Å²) in [6.45, 7) is 8.05. The molecule has 0 radical (unpaired) electrons. The van der Waals surface area contributed by atoms with Crippen LogP contribution in [0.3, 0.4) is 0 Å². The number of halogens is 3. The van der Waals surface area contributed by atoms with E-state index in [0.717, 1.165) is 44.4 Å². The second kappa shape index (κ2) is 15.6. The summed E-state index contributed by atoms with van der Waals surface area (Å²) in [4.78, 5) is 70.6. The first kappa shape index (κ1) is 43.6. The molecule has 0 aromatic rings. The number of carbonyl (C=O) groups is 5. The maximum atomic E-state index is 16.1. The molecular formula is C40H56F3N5O9S. The fourth-order valence-electron chi connectivity index (χ4n) is 8.89. The number of ether oxygens (including phenoxy) is 1. The van der Waals surface area contributed by atoms with Gasteiger partial charge in [-0.15, -0.1) is 0 Å². The Morgan fingerprint density at radius 1 is 1.12 bits per heavy atom. The Morgan fingerprint density at radius 3 is 2.43 bits per heavy atom. The van der Waals surface area contributed by atoms with Crippen LogP contribution in [-0.2, 0) is 29.1 Å². The molecule has 58 heavy (non-hydrogen) atoms. The van der Waals surface area contributed by atoms with E-state index in [4.69, 9.17) is 4.74 Å². The zero-order valence-corrected chi connectivity index (χ0v) is 34.8. The van der Waals surface area contributed by atoms with E-state index in [1.165, 1.54) is 0 Å². The van der Waals surface area contributed by atoms with Crippen LogP contribution in [-0.4, -0.2) is 113 Å². The minimum Gasteiger partial charge on any atom is -0.465 e. The van der Waals surface area contributed by atoms with Crippen molar-refractivity contribution < 1.29 is 55.4 Å². The van der Waals surface area contributed by atoms with E-state index >= 15 is 4.39 Å². The summed E-state index contributed by atoms with van der Waals surface area (Å²) in [5.41, 5.74) is -3.58. The number of rotatable bonds is 8. The largest absolute Gasteiger partial charge is 0.465 e. The third-order valence-corrected chi connectivity index (χ3v) is 15.5. The molecule has 18 heteroatoms. The normalized spacial score (nSPS) is 32.5. The number of amides is 4. The van der Waals surface area contributed by atoms with Crippen molar-refractivity contribution in [2.24, 2.45) is 17.8 Å². The number of hydrogen-bond acceptors (Lipinski definition) is 9. The van der Waals surface area contributed by atoms with Gasteiger partial charge in [0.05, 0.1) is 23.4 Å². The zero-order chi connectivity index (χ0) is 42.7. The van der Waals surface area contributed by atoms with Gasteiger partial charge in [0.2, 0.25) is 21.7 Å². The fourth-order valence-corrected chi connectivity index (χ4v) is 10.2. The number of fused-ring (bicyclic) bond motifs is 3. The number of alkyl carbamates (subject to hydrolysis) is 1. The van der Waals surface area contributed by atoms with Crippen molar-refractivity contribution in [3.8, 4) is 0 Å². The Balaban J connectivity index is 1.33. The van der Waals surface area contributed by atoms with Crippen LogP contribution < -0.4 is 15.4 Å². The molecule has 0 aromatic carbocycles. The monoisotopic (exact) mass is 839 g/mol. The Labute approximate surface area is 337 Å². The molecule has 6 aliphatic rings. The van der Waals surface area contributed by atoms with E-state index in [2.05, 4.69) is 22.3 Å². The third kappa shape index (κ3) is 8.15. The number of sulfonamides is 1. The molecule has 6 rings (SSSR count). The van der Waals surface area contributed by atoms with Crippen molar-refractivity contribution in [2.75, 3.05) is 19.6 Å². The number of nitrogens with one attached hydrogen (secondary N) is 3.